The van der Waals surface area contributed by atoms with Crippen molar-refractivity contribution in [1.29, 1.82) is 0 Å². The first kappa shape index (κ1) is 21.8. The Hall–Kier alpha value is -3.98. The fourth-order valence-electron chi connectivity index (χ4n) is 4.43. The van der Waals surface area contributed by atoms with E-state index in [1.165, 1.54) is 6.07 Å². The highest BCUT2D eigenvalue weighted by atomic mass is 19.1. The van der Waals surface area contributed by atoms with Gasteiger partial charge in [0, 0.05) is 31.3 Å². The lowest BCUT2D eigenvalue weighted by atomic mass is 9.93. The van der Waals surface area contributed by atoms with E-state index >= 15 is 4.39 Å². The topological polar surface area (TPSA) is 106 Å². The molecule has 2 aromatic carbocycles. The van der Waals surface area contributed by atoms with Gasteiger partial charge < -0.3 is 20.5 Å². The van der Waals surface area contributed by atoms with E-state index in [1.807, 2.05) is 24.3 Å². The molecule has 1 saturated heterocycles. The van der Waals surface area contributed by atoms with Crippen LogP contribution in [0.2, 0.25) is 0 Å². The van der Waals surface area contributed by atoms with Crippen molar-refractivity contribution in [3.63, 3.8) is 0 Å². The summed E-state index contributed by atoms with van der Waals surface area (Å²) in [6.07, 6.45) is 2.98. The van der Waals surface area contributed by atoms with E-state index in [2.05, 4.69) is 4.98 Å². The molecular formula is C25H24FN5O3. The number of fused-ring (bicyclic) bond motifs is 1. The summed E-state index contributed by atoms with van der Waals surface area (Å²) in [5.41, 5.74) is 8.03. The third-order valence-electron chi connectivity index (χ3n) is 6.14. The van der Waals surface area contributed by atoms with E-state index in [4.69, 9.17) is 20.6 Å². The molecule has 3 heterocycles. The number of nitrogen functional groups attached to an aromatic ring is 1. The van der Waals surface area contributed by atoms with E-state index in [0.717, 1.165) is 11.2 Å². The summed E-state index contributed by atoms with van der Waals surface area (Å²) >= 11 is 0. The number of likely N-dealkylation sites (tertiary alicyclic amines) is 1. The number of imidazole rings is 1. The number of aliphatic hydroxyl groups excluding tert-OH is 1. The van der Waals surface area contributed by atoms with Gasteiger partial charge in [0.25, 0.3) is 0 Å². The van der Waals surface area contributed by atoms with Crippen molar-refractivity contribution >= 4 is 17.4 Å². The van der Waals surface area contributed by atoms with Crippen LogP contribution in [0.3, 0.4) is 0 Å². The maximum atomic E-state index is 15.3. The number of hydrogen-bond acceptors (Lipinski definition) is 6. The molecule has 1 aliphatic heterocycles. The number of amides is 1. The Balaban J connectivity index is 1.49. The number of anilines is 1. The van der Waals surface area contributed by atoms with E-state index < -0.39 is 12.4 Å². The number of benzene rings is 2. The Bertz CT molecular complexity index is 1330. The Morgan fingerprint density at radius 2 is 1.88 bits per heavy atom. The van der Waals surface area contributed by atoms with E-state index in [9.17, 15) is 4.79 Å². The first-order valence-electron chi connectivity index (χ1n) is 11.1. The van der Waals surface area contributed by atoms with Gasteiger partial charge in [0.1, 0.15) is 23.9 Å². The van der Waals surface area contributed by atoms with Crippen LogP contribution in [-0.2, 0) is 4.79 Å². The summed E-state index contributed by atoms with van der Waals surface area (Å²) in [6.45, 7) is 0.561. The average molecular weight is 461 g/mol. The molecule has 9 heteroatoms. The van der Waals surface area contributed by atoms with Crippen LogP contribution in [0.4, 0.5) is 10.3 Å². The number of ether oxygens (including phenoxy) is 1. The van der Waals surface area contributed by atoms with Crippen LogP contribution in [-0.4, -0.2) is 50.0 Å². The quantitative estimate of drug-likeness (QED) is 0.470. The summed E-state index contributed by atoms with van der Waals surface area (Å²) in [4.78, 5) is 22.5. The third kappa shape index (κ3) is 4.06. The fourth-order valence-corrected chi connectivity index (χ4v) is 4.43. The molecule has 4 aromatic rings. The number of aromatic nitrogens is 3. The van der Waals surface area contributed by atoms with Gasteiger partial charge in [-0.1, -0.05) is 18.2 Å². The van der Waals surface area contributed by atoms with E-state index in [0.29, 0.717) is 43.3 Å². The highest BCUT2D eigenvalue weighted by Crippen LogP contribution is 2.36. The van der Waals surface area contributed by atoms with Crippen molar-refractivity contribution in [1.82, 2.24) is 19.3 Å². The standard InChI is InChI=1S/C25H24FN5O3/c26-20-14-18(34-17-4-2-1-3-5-17)6-7-19(20)24-29-23(21-8-11-28-25(27)31(21)24)16-9-12-30(13-10-16)22(33)15-32/h1-8,11,14,16,32H,9-10,12-13,15H2,(H2,27,28). The molecule has 3 N–H and O–H groups in total. The van der Waals surface area contributed by atoms with Crippen molar-refractivity contribution in [3.05, 3.63) is 72.3 Å². The van der Waals surface area contributed by atoms with E-state index in [1.54, 1.807) is 39.8 Å². The van der Waals surface area contributed by atoms with Crippen molar-refractivity contribution in [2.24, 2.45) is 0 Å². The Morgan fingerprint density at radius 1 is 1.12 bits per heavy atom. The maximum Gasteiger partial charge on any atom is 0.248 e. The second kappa shape index (κ2) is 9.11. The lowest BCUT2D eigenvalue weighted by Gasteiger charge is -2.31. The zero-order chi connectivity index (χ0) is 23.7. The fraction of sp³-hybridized carbons (Fsp3) is 0.240. The number of nitrogens with zero attached hydrogens (tertiary/aromatic N) is 4. The molecule has 2 aromatic heterocycles. The average Bonchev–Trinajstić information content (AvgIpc) is 3.25. The first-order valence-corrected chi connectivity index (χ1v) is 11.1. The first-order chi connectivity index (χ1) is 16.5. The minimum atomic E-state index is -0.492. The minimum absolute atomic E-state index is 0.0667. The molecule has 0 unspecified atom stereocenters. The molecule has 0 aliphatic carbocycles. The highest BCUT2D eigenvalue weighted by molar-refractivity contribution is 5.77. The molecule has 5 rings (SSSR count). The number of rotatable bonds is 5. The van der Waals surface area contributed by atoms with Gasteiger partial charge in [-0.05, 0) is 43.2 Å². The van der Waals surface area contributed by atoms with Gasteiger partial charge in [-0.25, -0.2) is 14.4 Å². The Kier molecular flexibility index (Phi) is 5.85. The monoisotopic (exact) mass is 461 g/mol. The van der Waals surface area contributed by atoms with Gasteiger partial charge in [-0.3, -0.25) is 9.20 Å². The molecule has 1 fully saturated rings. The number of para-hydroxylation sites is 1. The van der Waals surface area contributed by atoms with Crippen LogP contribution in [0.25, 0.3) is 16.9 Å². The summed E-state index contributed by atoms with van der Waals surface area (Å²) in [6, 6.07) is 15.6. The summed E-state index contributed by atoms with van der Waals surface area (Å²) in [5.74, 6) is 0.873. The van der Waals surface area contributed by atoms with Crippen LogP contribution in [0.1, 0.15) is 24.5 Å². The van der Waals surface area contributed by atoms with Crippen LogP contribution in [0, 0.1) is 5.82 Å². The molecule has 8 nitrogen and oxygen atoms in total. The molecule has 0 saturated carbocycles. The minimum Gasteiger partial charge on any atom is -0.457 e. The van der Waals surface area contributed by atoms with Crippen molar-refractivity contribution in [2.75, 3.05) is 25.4 Å². The molecule has 0 atom stereocenters. The Morgan fingerprint density at radius 3 is 2.59 bits per heavy atom. The molecule has 1 amide bonds. The predicted molar refractivity (Wildman–Crippen MR) is 125 cm³/mol. The molecule has 0 radical (unpaired) electrons. The van der Waals surface area contributed by atoms with Crippen molar-refractivity contribution < 1.29 is 19.0 Å². The van der Waals surface area contributed by atoms with Gasteiger partial charge in [-0.2, -0.15) is 0 Å². The molecule has 34 heavy (non-hydrogen) atoms. The van der Waals surface area contributed by atoms with Crippen molar-refractivity contribution in [3.8, 4) is 22.9 Å². The number of piperidine rings is 1. The number of carbonyl (C=O) groups is 1. The lowest BCUT2D eigenvalue weighted by molar-refractivity contribution is -0.135. The molecule has 1 aliphatic rings. The second-order valence-electron chi connectivity index (χ2n) is 8.21. The van der Waals surface area contributed by atoms with Gasteiger partial charge in [0.2, 0.25) is 11.9 Å². The lowest BCUT2D eigenvalue weighted by Crippen LogP contribution is -2.39. The number of aliphatic hydroxyl groups is 1. The highest BCUT2D eigenvalue weighted by Gasteiger charge is 2.28. The van der Waals surface area contributed by atoms with Crippen LogP contribution in [0.15, 0.2) is 60.8 Å². The third-order valence-corrected chi connectivity index (χ3v) is 6.14. The van der Waals surface area contributed by atoms with E-state index in [-0.39, 0.29) is 23.3 Å². The van der Waals surface area contributed by atoms with Crippen molar-refractivity contribution in [2.45, 2.75) is 18.8 Å². The van der Waals surface area contributed by atoms with Gasteiger partial charge in [0.15, 0.2) is 5.82 Å². The summed E-state index contributed by atoms with van der Waals surface area (Å²) in [7, 11) is 0. The molecular weight excluding hydrogens is 437 g/mol. The maximum absolute atomic E-state index is 15.3. The Labute approximate surface area is 195 Å². The van der Waals surface area contributed by atoms with Gasteiger partial charge in [-0.15, -0.1) is 0 Å². The smallest absolute Gasteiger partial charge is 0.248 e. The molecule has 174 valence electrons. The largest absolute Gasteiger partial charge is 0.457 e. The number of halogens is 1. The normalized spacial score (nSPS) is 14.5. The van der Waals surface area contributed by atoms with Gasteiger partial charge in [0.05, 0.1) is 16.8 Å². The summed E-state index contributed by atoms with van der Waals surface area (Å²) in [5, 5.41) is 9.13. The molecule has 0 spiro atoms. The van der Waals surface area contributed by atoms with Gasteiger partial charge >= 0.3 is 0 Å². The zero-order valence-corrected chi connectivity index (χ0v) is 18.4. The van der Waals surface area contributed by atoms with Crippen LogP contribution >= 0.6 is 0 Å². The van der Waals surface area contributed by atoms with Crippen LogP contribution < -0.4 is 10.5 Å². The number of nitrogens with two attached hydrogens (primary N) is 1. The number of carbonyl (C=O) groups excluding carboxylic acids is 1. The zero-order valence-electron chi connectivity index (χ0n) is 18.4. The predicted octanol–water partition coefficient (Wildman–Crippen LogP) is 3.61. The number of hydrogen-bond donors (Lipinski definition) is 2. The second-order valence-corrected chi connectivity index (χ2v) is 8.21. The summed E-state index contributed by atoms with van der Waals surface area (Å²) < 4.78 is 22.7. The SMILES string of the molecule is Nc1nccc2c(C3CCN(C(=O)CO)CC3)nc(-c3ccc(Oc4ccccc4)cc3F)n12. The van der Waals surface area contributed by atoms with Crippen LogP contribution in [0.5, 0.6) is 11.5 Å². The molecule has 0 bridgehead atoms.